The van der Waals surface area contributed by atoms with Crippen LogP contribution in [0.2, 0.25) is 0 Å². The van der Waals surface area contributed by atoms with Gasteiger partial charge in [0.1, 0.15) is 0 Å². The molecule has 0 atom stereocenters. The van der Waals surface area contributed by atoms with E-state index in [4.69, 9.17) is 4.52 Å². The van der Waals surface area contributed by atoms with Crippen LogP contribution in [0.1, 0.15) is 0 Å². The third kappa shape index (κ3) is 2.64. The monoisotopic (exact) mass is 198 g/mol. The molecule has 3 heteroatoms. The van der Waals surface area contributed by atoms with E-state index in [0.717, 1.165) is 11.0 Å². The standard InChI is InChI=1S/C7H5NO.C5H5N/c1-2-4-7-6(3-1)5-8-9-7;1-2-4-6-5-3-1/h1-5H;1-5H. The van der Waals surface area contributed by atoms with Crippen molar-refractivity contribution in [2.75, 3.05) is 0 Å². The zero-order valence-electron chi connectivity index (χ0n) is 8.08. The van der Waals surface area contributed by atoms with Gasteiger partial charge in [-0.2, -0.15) is 0 Å². The highest BCUT2D eigenvalue weighted by molar-refractivity contribution is 5.75. The van der Waals surface area contributed by atoms with E-state index in [1.807, 2.05) is 42.5 Å². The molecule has 1 aromatic carbocycles. The van der Waals surface area contributed by atoms with Crippen molar-refractivity contribution in [1.29, 1.82) is 0 Å². The van der Waals surface area contributed by atoms with Crippen molar-refractivity contribution in [1.82, 2.24) is 10.1 Å². The minimum atomic E-state index is 0.845. The second-order valence-corrected chi connectivity index (χ2v) is 2.89. The maximum atomic E-state index is 4.87. The van der Waals surface area contributed by atoms with E-state index in [0.29, 0.717) is 0 Å². The predicted molar refractivity (Wildman–Crippen MR) is 58.2 cm³/mol. The van der Waals surface area contributed by atoms with Gasteiger partial charge in [0, 0.05) is 17.8 Å². The van der Waals surface area contributed by atoms with Crippen molar-refractivity contribution in [3.8, 4) is 0 Å². The van der Waals surface area contributed by atoms with Crippen LogP contribution >= 0.6 is 0 Å². The lowest BCUT2D eigenvalue weighted by molar-refractivity contribution is 0.456. The highest BCUT2D eigenvalue weighted by Crippen LogP contribution is 2.10. The molecule has 0 radical (unpaired) electrons. The Bertz CT molecular complexity index is 448. The summed E-state index contributed by atoms with van der Waals surface area (Å²) in [6.45, 7) is 0. The molecule has 74 valence electrons. The average molecular weight is 198 g/mol. The molecular weight excluding hydrogens is 188 g/mol. The molecule has 0 aliphatic rings. The Morgan fingerprint density at radius 2 is 1.67 bits per heavy atom. The van der Waals surface area contributed by atoms with Gasteiger partial charge in [-0.15, -0.1) is 0 Å². The first kappa shape index (κ1) is 9.40. The molecule has 0 amide bonds. The lowest BCUT2D eigenvalue weighted by atomic mass is 10.3. The smallest absolute Gasteiger partial charge is 0.166 e. The first-order valence-corrected chi connectivity index (χ1v) is 4.61. The fraction of sp³-hybridized carbons (Fsp3) is 0. The second kappa shape index (κ2) is 4.91. The third-order valence-corrected chi connectivity index (χ3v) is 1.83. The van der Waals surface area contributed by atoms with Crippen molar-refractivity contribution in [3.05, 3.63) is 61.1 Å². The molecule has 15 heavy (non-hydrogen) atoms. The summed E-state index contributed by atoms with van der Waals surface area (Å²) in [4.78, 5) is 3.78. The van der Waals surface area contributed by atoms with Gasteiger partial charge in [-0.25, -0.2) is 0 Å². The van der Waals surface area contributed by atoms with Gasteiger partial charge in [0.2, 0.25) is 0 Å². The molecule has 2 heterocycles. The molecule has 2 aromatic heterocycles. The van der Waals surface area contributed by atoms with Crippen molar-refractivity contribution in [2.24, 2.45) is 0 Å². The maximum absolute atomic E-state index is 4.87. The number of rotatable bonds is 0. The van der Waals surface area contributed by atoms with Crippen molar-refractivity contribution < 1.29 is 4.52 Å². The van der Waals surface area contributed by atoms with Crippen LogP contribution in [-0.4, -0.2) is 10.1 Å². The number of aromatic nitrogens is 2. The topological polar surface area (TPSA) is 38.9 Å². The summed E-state index contributed by atoms with van der Waals surface area (Å²) < 4.78 is 4.87. The summed E-state index contributed by atoms with van der Waals surface area (Å²) in [5, 5.41) is 4.68. The predicted octanol–water partition coefficient (Wildman–Crippen LogP) is 2.91. The molecule has 0 saturated heterocycles. The Balaban J connectivity index is 0.000000124. The Hall–Kier alpha value is -2.16. The van der Waals surface area contributed by atoms with E-state index in [2.05, 4.69) is 10.1 Å². The molecule has 0 spiro atoms. The fourth-order valence-corrected chi connectivity index (χ4v) is 1.12. The van der Waals surface area contributed by atoms with Crippen LogP contribution < -0.4 is 0 Å². The first-order chi connectivity index (χ1) is 7.47. The molecule has 0 unspecified atom stereocenters. The van der Waals surface area contributed by atoms with Crippen molar-refractivity contribution >= 4 is 11.0 Å². The van der Waals surface area contributed by atoms with Gasteiger partial charge in [0.15, 0.2) is 5.58 Å². The maximum Gasteiger partial charge on any atom is 0.166 e. The largest absolute Gasteiger partial charge is 0.356 e. The van der Waals surface area contributed by atoms with Gasteiger partial charge >= 0.3 is 0 Å². The van der Waals surface area contributed by atoms with E-state index in [1.54, 1.807) is 18.6 Å². The number of benzene rings is 1. The second-order valence-electron chi connectivity index (χ2n) is 2.89. The molecule has 0 N–H and O–H groups in total. The van der Waals surface area contributed by atoms with Crippen LogP contribution in [-0.2, 0) is 0 Å². The van der Waals surface area contributed by atoms with Crippen LogP contribution in [0.3, 0.4) is 0 Å². The van der Waals surface area contributed by atoms with E-state index >= 15 is 0 Å². The minimum Gasteiger partial charge on any atom is -0.356 e. The Morgan fingerprint density at radius 1 is 0.867 bits per heavy atom. The quantitative estimate of drug-likeness (QED) is 0.557. The number of nitrogens with zero attached hydrogens (tertiary/aromatic N) is 2. The molecule has 3 aromatic rings. The van der Waals surface area contributed by atoms with Crippen molar-refractivity contribution in [3.63, 3.8) is 0 Å². The van der Waals surface area contributed by atoms with E-state index in [9.17, 15) is 0 Å². The summed E-state index contributed by atoms with van der Waals surface area (Å²) in [7, 11) is 0. The summed E-state index contributed by atoms with van der Waals surface area (Å²) in [6.07, 6.45) is 5.20. The van der Waals surface area contributed by atoms with Crippen LogP contribution in [0, 0.1) is 0 Å². The first-order valence-electron chi connectivity index (χ1n) is 4.61. The van der Waals surface area contributed by atoms with Gasteiger partial charge in [-0.05, 0) is 24.3 Å². The summed E-state index contributed by atoms with van der Waals surface area (Å²) in [5.41, 5.74) is 0.845. The number of para-hydroxylation sites is 1. The molecule has 3 rings (SSSR count). The van der Waals surface area contributed by atoms with Crippen LogP contribution in [0.15, 0.2) is 65.6 Å². The summed E-state index contributed by atoms with van der Waals surface area (Å²) in [6, 6.07) is 13.5. The molecule has 0 aliphatic heterocycles. The van der Waals surface area contributed by atoms with Gasteiger partial charge in [-0.1, -0.05) is 23.4 Å². The van der Waals surface area contributed by atoms with Gasteiger partial charge in [0.05, 0.1) is 6.20 Å². The van der Waals surface area contributed by atoms with E-state index in [1.165, 1.54) is 0 Å². The lowest BCUT2D eigenvalue weighted by Crippen LogP contribution is -1.58. The minimum absolute atomic E-state index is 0.845. The number of hydrogen-bond donors (Lipinski definition) is 0. The highest BCUT2D eigenvalue weighted by atomic mass is 16.5. The van der Waals surface area contributed by atoms with Gasteiger partial charge < -0.3 is 4.52 Å². The van der Waals surface area contributed by atoms with E-state index in [-0.39, 0.29) is 0 Å². The highest BCUT2D eigenvalue weighted by Gasteiger charge is 1.91. The third-order valence-electron chi connectivity index (χ3n) is 1.83. The zero-order chi connectivity index (χ0) is 10.3. The molecule has 3 nitrogen and oxygen atoms in total. The molecule has 0 saturated carbocycles. The number of hydrogen-bond acceptors (Lipinski definition) is 3. The molecule has 0 fully saturated rings. The molecular formula is C12H10N2O. The van der Waals surface area contributed by atoms with E-state index < -0.39 is 0 Å². The SMILES string of the molecule is c1ccc2oncc2c1.c1ccncc1. The molecule has 0 bridgehead atoms. The average Bonchev–Trinajstić information content (AvgIpc) is 2.80. The van der Waals surface area contributed by atoms with Gasteiger partial charge in [-0.3, -0.25) is 4.98 Å². The summed E-state index contributed by atoms with van der Waals surface area (Å²) >= 11 is 0. The summed E-state index contributed by atoms with van der Waals surface area (Å²) in [5.74, 6) is 0. The zero-order valence-corrected chi connectivity index (χ0v) is 8.08. The van der Waals surface area contributed by atoms with Gasteiger partial charge in [0.25, 0.3) is 0 Å². The number of pyridine rings is 1. The Kier molecular flexibility index (Phi) is 3.07. The molecule has 0 aliphatic carbocycles. The van der Waals surface area contributed by atoms with Crippen LogP contribution in [0.5, 0.6) is 0 Å². The Labute approximate surface area is 87.4 Å². The Morgan fingerprint density at radius 3 is 2.27 bits per heavy atom. The lowest BCUT2D eigenvalue weighted by Gasteiger charge is -1.78. The van der Waals surface area contributed by atoms with Crippen LogP contribution in [0.4, 0.5) is 0 Å². The van der Waals surface area contributed by atoms with Crippen molar-refractivity contribution in [2.45, 2.75) is 0 Å². The number of fused-ring (bicyclic) bond motifs is 1. The van der Waals surface area contributed by atoms with Crippen LogP contribution in [0.25, 0.3) is 11.0 Å². The normalized spacial score (nSPS) is 9.33. The fourth-order valence-electron chi connectivity index (χ4n) is 1.12.